The Bertz CT molecular complexity index is 630. The molecule has 0 aliphatic heterocycles. The summed E-state index contributed by atoms with van der Waals surface area (Å²) in [6, 6.07) is 12.9. The van der Waals surface area contributed by atoms with Gasteiger partial charge in [-0.25, -0.2) is 0 Å². The fraction of sp³-hybridized carbons (Fsp3) is 0.400. The summed E-state index contributed by atoms with van der Waals surface area (Å²) >= 11 is 0. The number of aliphatic hydroxyl groups excluding tert-OH is 1. The SMILES string of the molecule is Cc1cc(C)c(CC(O)c2cccc(C3CC3)c2)c(C)c1. The van der Waals surface area contributed by atoms with E-state index in [4.69, 9.17) is 0 Å². The molecule has 1 N–H and O–H groups in total. The second-order valence-electron chi connectivity index (χ2n) is 6.54. The van der Waals surface area contributed by atoms with Gasteiger partial charge in [-0.2, -0.15) is 0 Å². The predicted octanol–water partition coefficient (Wildman–Crippen LogP) is 4.77. The van der Waals surface area contributed by atoms with Gasteiger partial charge in [0, 0.05) is 6.42 Å². The van der Waals surface area contributed by atoms with Crippen molar-refractivity contribution >= 4 is 0 Å². The fourth-order valence-electron chi connectivity index (χ4n) is 3.28. The molecule has 2 aromatic carbocycles. The van der Waals surface area contributed by atoms with Gasteiger partial charge in [-0.1, -0.05) is 42.0 Å². The Morgan fingerprint density at radius 2 is 1.71 bits per heavy atom. The molecule has 0 saturated heterocycles. The van der Waals surface area contributed by atoms with Crippen LogP contribution in [-0.2, 0) is 6.42 Å². The number of aryl methyl sites for hydroxylation is 3. The summed E-state index contributed by atoms with van der Waals surface area (Å²) in [4.78, 5) is 0. The maximum absolute atomic E-state index is 10.6. The average Bonchev–Trinajstić information content (AvgIpc) is 3.27. The summed E-state index contributed by atoms with van der Waals surface area (Å²) < 4.78 is 0. The van der Waals surface area contributed by atoms with E-state index in [0.29, 0.717) is 6.42 Å². The Labute approximate surface area is 127 Å². The van der Waals surface area contributed by atoms with Crippen molar-refractivity contribution in [3.8, 4) is 0 Å². The quantitative estimate of drug-likeness (QED) is 0.855. The topological polar surface area (TPSA) is 20.2 Å². The van der Waals surface area contributed by atoms with Crippen LogP contribution in [0.4, 0.5) is 0 Å². The van der Waals surface area contributed by atoms with E-state index in [1.54, 1.807) is 0 Å². The van der Waals surface area contributed by atoms with E-state index in [2.05, 4.69) is 57.2 Å². The molecule has 0 heterocycles. The first-order valence-electron chi connectivity index (χ1n) is 7.89. The van der Waals surface area contributed by atoms with Crippen LogP contribution in [0.15, 0.2) is 36.4 Å². The molecule has 1 atom stereocenters. The van der Waals surface area contributed by atoms with Gasteiger partial charge < -0.3 is 5.11 Å². The minimum Gasteiger partial charge on any atom is -0.388 e. The van der Waals surface area contributed by atoms with Crippen LogP contribution in [0.25, 0.3) is 0 Å². The van der Waals surface area contributed by atoms with Crippen molar-refractivity contribution in [2.75, 3.05) is 0 Å². The minimum absolute atomic E-state index is 0.413. The lowest BCUT2D eigenvalue weighted by Crippen LogP contribution is -2.05. The summed E-state index contributed by atoms with van der Waals surface area (Å²) in [7, 11) is 0. The Kier molecular flexibility index (Phi) is 3.86. The number of hydrogen-bond donors (Lipinski definition) is 1. The van der Waals surface area contributed by atoms with Crippen LogP contribution < -0.4 is 0 Å². The van der Waals surface area contributed by atoms with Crippen LogP contribution in [0.3, 0.4) is 0 Å². The van der Waals surface area contributed by atoms with Crippen LogP contribution in [-0.4, -0.2) is 5.11 Å². The third kappa shape index (κ3) is 3.19. The highest BCUT2D eigenvalue weighted by Gasteiger charge is 2.24. The number of benzene rings is 2. The minimum atomic E-state index is -0.413. The van der Waals surface area contributed by atoms with Crippen molar-refractivity contribution in [3.05, 3.63) is 69.8 Å². The highest BCUT2D eigenvalue weighted by Crippen LogP contribution is 2.40. The van der Waals surface area contributed by atoms with Gasteiger partial charge in [0.15, 0.2) is 0 Å². The van der Waals surface area contributed by atoms with Gasteiger partial charge in [0.2, 0.25) is 0 Å². The lowest BCUT2D eigenvalue weighted by molar-refractivity contribution is 0.178. The van der Waals surface area contributed by atoms with Gasteiger partial charge in [0.05, 0.1) is 6.10 Å². The molecular weight excluding hydrogens is 256 g/mol. The molecule has 1 aliphatic rings. The molecule has 2 aromatic rings. The van der Waals surface area contributed by atoms with Crippen molar-refractivity contribution in [3.63, 3.8) is 0 Å². The Hall–Kier alpha value is -1.60. The molecule has 1 aliphatic carbocycles. The molecular formula is C20H24O. The molecule has 0 radical (unpaired) electrons. The van der Waals surface area contributed by atoms with Crippen molar-refractivity contribution < 1.29 is 5.11 Å². The molecule has 3 rings (SSSR count). The van der Waals surface area contributed by atoms with Crippen molar-refractivity contribution in [1.29, 1.82) is 0 Å². The van der Waals surface area contributed by atoms with E-state index >= 15 is 0 Å². The first-order valence-corrected chi connectivity index (χ1v) is 7.89. The third-order valence-corrected chi connectivity index (χ3v) is 4.58. The van der Waals surface area contributed by atoms with E-state index < -0.39 is 6.10 Å². The summed E-state index contributed by atoms with van der Waals surface area (Å²) in [5.41, 5.74) is 7.58. The van der Waals surface area contributed by atoms with E-state index in [1.807, 2.05) is 0 Å². The van der Waals surface area contributed by atoms with Crippen LogP contribution in [0.2, 0.25) is 0 Å². The van der Waals surface area contributed by atoms with Crippen molar-refractivity contribution in [2.24, 2.45) is 0 Å². The lowest BCUT2D eigenvalue weighted by Gasteiger charge is -2.17. The normalized spacial score (nSPS) is 16.0. The average molecular weight is 280 g/mol. The number of aliphatic hydroxyl groups is 1. The zero-order chi connectivity index (χ0) is 15.0. The zero-order valence-electron chi connectivity index (χ0n) is 13.2. The molecule has 0 aromatic heterocycles. The van der Waals surface area contributed by atoms with Crippen molar-refractivity contribution in [2.45, 2.75) is 52.1 Å². The maximum Gasteiger partial charge on any atom is 0.0830 e. The second-order valence-corrected chi connectivity index (χ2v) is 6.54. The Balaban J connectivity index is 1.83. The molecule has 1 heteroatoms. The summed E-state index contributed by atoms with van der Waals surface area (Å²) in [6.07, 6.45) is 2.89. The monoisotopic (exact) mass is 280 g/mol. The summed E-state index contributed by atoms with van der Waals surface area (Å²) in [6.45, 7) is 6.41. The third-order valence-electron chi connectivity index (χ3n) is 4.58. The molecule has 1 fully saturated rings. The van der Waals surface area contributed by atoms with Gasteiger partial charge in [0.1, 0.15) is 0 Å². The number of hydrogen-bond acceptors (Lipinski definition) is 1. The fourth-order valence-corrected chi connectivity index (χ4v) is 3.28. The Morgan fingerprint density at radius 1 is 1.05 bits per heavy atom. The molecule has 1 unspecified atom stereocenters. The van der Waals surface area contributed by atoms with Crippen molar-refractivity contribution in [1.82, 2.24) is 0 Å². The molecule has 1 saturated carbocycles. The maximum atomic E-state index is 10.6. The molecule has 110 valence electrons. The smallest absolute Gasteiger partial charge is 0.0830 e. The lowest BCUT2D eigenvalue weighted by atomic mass is 9.92. The van der Waals surface area contributed by atoms with E-state index in [-0.39, 0.29) is 0 Å². The molecule has 0 amide bonds. The predicted molar refractivity (Wildman–Crippen MR) is 87.7 cm³/mol. The van der Waals surface area contributed by atoms with Crippen LogP contribution >= 0.6 is 0 Å². The van der Waals surface area contributed by atoms with Crippen LogP contribution in [0.5, 0.6) is 0 Å². The molecule has 1 nitrogen and oxygen atoms in total. The van der Waals surface area contributed by atoms with Gasteiger partial charge in [-0.05, 0) is 67.3 Å². The largest absolute Gasteiger partial charge is 0.388 e. The molecule has 0 spiro atoms. The van der Waals surface area contributed by atoms with Gasteiger partial charge in [-0.3, -0.25) is 0 Å². The first kappa shape index (κ1) is 14.3. The number of rotatable bonds is 4. The summed E-state index contributed by atoms with van der Waals surface area (Å²) in [5.74, 6) is 0.736. The highest BCUT2D eigenvalue weighted by molar-refractivity contribution is 5.39. The molecule has 21 heavy (non-hydrogen) atoms. The standard InChI is InChI=1S/C20H24O/c1-13-9-14(2)19(15(3)10-13)12-20(21)18-6-4-5-17(11-18)16-7-8-16/h4-6,9-11,16,20-21H,7-8,12H2,1-3H3. The van der Waals surface area contributed by atoms with E-state index in [0.717, 1.165) is 11.5 Å². The van der Waals surface area contributed by atoms with Gasteiger partial charge in [0.25, 0.3) is 0 Å². The zero-order valence-corrected chi connectivity index (χ0v) is 13.2. The second kappa shape index (κ2) is 5.65. The van der Waals surface area contributed by atoms with E-state index in [9.17, 15) is 5.11 Å². The Morgan fingerprint density at radius 3 is 2.33 bits per heavy atom. The van der Waals surface area contributed by atoms with E-state index in [1.165, 1.54) is 40.7 Å². The van der Waals surface area contributed by atoms with Gasteiger partial charge in [-0.15, -0.1) is 0 Å². The highest BCUT2D eigenvalue weighted by atomic mass is 16.3. The van der Waals surface area contributed by atoms with Crippen LogP contribution in [0.1, 0.15) is 58.2 Å². The first-order chi connectivity index (χ1) is 10.0. The summed E-state index contributed by atoms with van der Waals surface area (Å²) in [5, 5.41) is 10.6. The van der Waals surface area contributed by atoms with Crippen LogP contribution in [0, 0.1) is 20.8 Å². The molecule has 0 bridgehead atoms. The van der Waals surface area contributed by atoms with Gasteiger partial charge >= 0.3 is 0 Å².